The highest BCUT2D eigenvalue weighted by atomic mass is 32.2. The maximum atomic E-state index is 12.7. The summed E-state index contributed by atoms with van der Waals surface area (Å²) in [7, 11) is -3.58. The fraction of sp³-hybridized carbons (Fsp3) is 0.227. The molecule has 10 heteroatoms. The molecular formula is C22H24N4O4S2. The van der Waals surface area contributed by atoms with E-state index < -0.39 is 9.84 Å². The van der Waals surface area contributed by atoms with E-state index >= 15 is 0 Å². The van der Waals surface area contributed by atoms with E-state index in [9.17, 15) is 13.2 Å². The number of hydrogen-bond donors (Lipinski definition) is 1. The van der Waals surface area contributed by atoms with Crippen LogP contribution >= 0.6 is 11.8 Å². The minimum Gasteiger partial charge on any atom is -0.494 e. The van der Waals surface area contributed by atoms with Crippen LogP contribution in [-0.2, 0) is 26.9 Å². The van der Waals surface area contributed by atoms with Crippen LogP contribution in [-0.4, -0.2) is 41.4 Å². The number of carbonyl (C=O) groups is 1. The molecule has 0 spiro atoms. The highest BCUT2D eigenvalue weighted by Crippen LogP contribution is 2.22. The highest BCUT2D eigenvalue weighted by molar-refractivity contribution is 7.99. The summed E-state index contributed by atoms with van der Waals surface area (Å²) >= 11 is 1.18. The van der Waals surface area contributed by atoms with Crippen molar-refractivity contribution < 1.29 is 17.9 Å². The molecule has 32 heavy (non-hydrogen) atoms. The molecule has 1 N–H and O–H groups in total. The fourth-order valence-electron chi connectivity index (χ4n) is 2.85. The van der Waals surface area contributed by atoms with Crippen molar-refractivity contribution in [3.05, 3.63) is 73.1 Å². The lowest BCUT2D eigenvalue weighted by Gasteiger charge is -2.09. The van der Waals surface area contributed by atoms with Gasteiger partial charge < -0.3 is 14.6 Å². The van der Waals surface area contributed by atoms with Crippen LogP contribution in [0.25, 0.3) is 0 Å². The van der Waals surface area contributed by atoms with E-state index in [0.29, 0.717) is 29.8 Å². The number of hydrogen-bond acceptors (Lipinski definition) is 7. The van der Waals surface area contributed by atoms with Crippen LogP contribution in [0.1, 0.15) is 12.7 Å². The Kier molecular flexibility index (Phi) is 8.07. The molecule has 3 rings (SSSR count). The molecule has 3 aromatic rings. The van der Waals surface area contributed by atoms with E-state index in [1.807, 2.05) is 6.92 Å². The van der Waals surface area contributed by atoms with Gasteiger partial charge >= 0.3 is 0 Å². The predicted molar refractivity (Wildman–Crippen MR) is 125 cm³/mol. The predicted octanol–water partition coefficient (Wildman–Crippen LogP) is 3.57. The highest BCUT2D eigenvalue weighted by Gasteiger charge is 2.21. The average molecular weight is 473 g/mol. The van der Waals surface area contributed by atoms with E-state index in [0.717, 1.165) is 5.75 Å². The van der Waals surface area contributed by atoms with Gasteiger partial charge in [-0.2, -0.15) is 0 Å². The van der Waals surface area contributed by atoms with Gasteiger partial charge in [0.05, 0.1) is 17.3 Å². The van der Waals surface area contributed by atoms with Gasteiger partial charge in [0, 0.05) is 12.2 Å². The quantitative estimate of drug-likeness (QED) is 0.336. The van der Waals surface area contributed by atoms with Gasteiger partial charge in [-0.05, 0) is 43.3 Å². The number of carbonyl (C=O) groups excluding carboxylic acids is 1. The Morgan fingerprint density at radius 1 is 1.16 bits per heavy atom. The summed E-state index contributed by atoms with van der Waals surface area (Å²) in [5, 5.41) is 11.4. The molecule has 0 atom stereocenters. The molecule has 1 amide bonds. The summed E-state index contributed by atoms with van der Waals surface area (Å²) in [6.07, 6.45) is 1.63. The number of anilines is 1. The van der Waals surface area contributed by atoms with Gasteiger partial charge in [-0.3, -0.25) is 4.79 Å². The molecule has 0 saturated heterocycles. The zero-order chi connectivity index (χ0) is 23.0. The van der Waals surface area contributed by atoms with Gasteiger partial charge in [-0.15, -0.1) is 16.8 Å². The molecule has 0 saturated carbocycles. The first kappa shape index (κ1) is 23.6. The lowest BCUT2D eigenvalue weighted by molar-refractivity contribution is -0.113. The van der Waals surface area contributed by atoms with Crippen molar-refractivity contribution in [3.63, 3.8) is 0 Å². The van der Waals surface area contributed by atoms with Gasteiger partial charge in [0.2, 0.25) is 5.91 Å². The van der Waals surface area contributed by atoms with Gasteiger partial charge in [0.25, 0.3) is 0 Å². The van der Waals surface area contributed by atoms with Crippen LogP contribution in [0.2, 0.25) is 0 Å². The molecule has 0 aliphatic carbocycles. The SMILES string of the molecule is C=CCn1c(CS(=O)(=O)c2ccccc2)nnc1SCC(=O)Nc1ccc(OCC)cc1. The number of thioether (sulfide) groups is 1. The van der Waals surface area contributed by atoms with Gasteiger partial charge in [-0.1, -0.05) is 36.0 Å². The number of nitrogens with one attached hydrogen (secondary N) is 1. The number of benzene rings is 2. The van der Waals surface area contributed by atoms with Gasteiger partial charge in [-0.25, -0.2) is 8.42 Å². The topological polar surface area (TPSA) is 103 Å². The number of aromatic nitrogens is 3. The van der Waals surface area contributed by atoms with Crippen molar-refractivity contribution in [1.29, 1.82) is 0 Å². The van der Waals surface area contributed by atoms with Crippen molar-refractivity contribution in [2.24, 2.45) is 0 Å². The van der Waals surface area contributed by atoms with Crippen LogP contribution in [0.5, 0.6) is 5.75 Å². The maximum Gasteiger partial charge on any atom is 0.234 e. The minimum absolute atomic E-state index is 0.0912. The Morgan fingerprint density at radius 2 is 1.88 bits per heavy atom. The number of allylic oxidation sites excluding steroid dienone is 1. The van der Waals surface area contributed by atoms with Crippen molar-refractivity contribution in [1.82, 2.24) is 14.8 Å². The Morgan fingerprint density at radius 3 is 2.53 bits per heavy atom. The van der Waals surface area contributed by atoms with E-state index in [4.69, 9.17) is 4.74 Å². The van der Waals surface area contributed by atoms with E-state index in [2.05, 4.69) is 22.1 Å². The molecule has 1 aromatic heterocycles. The van der Waals surface area contributed by atoms with Crippen molar-refractivity contribution >= 4 is 33.2 Å². The fourth-order valence-corrected chi connectivity index (χ4v) is 4.91. The third-order valence-electron chi connectivity index (χ3n) is 4.31. The van der Waals surface area contributed by atoms with Crippen molar-refractivity contribution in [2.45, 2.75) is 29.3 Å². The van der Waals surface area contributed by atoms with E-state index in [1.165, 1.54) is 11.8 Å². The van der Waals surface area contributed by atoms with Crippen LogP contribution in [0.15, 0.2) is 77.3 Å². The molecule has 0 bridgehead atoms. The summed E-state index contributed by atoms with van der Waals surface area (Å²) in [4.78, 5) is 12.6. The zero-order valence-electron chi connectivity index (χ0n) is 17.6. The standard InChI is InChI=1S/C22H24N4O4S2/c1-3-14-26-20(16-32(28,29)19-8-6-5-7-9-19)24-25-22(26)31-15-21(27)23-17-10-12-18(13-11-17)30-4-2/h3,5-13H,1,4,14-16H2,2H3,(H,23,27). The van der Waals surface area contributed by atoms with E-state index in [1.54, 1.807) is 65.2 Å². The smallest absolute Gasteiger partial charge is 0.234 e. The van der Waals surface area contributed by atoms with Gasteiger partial charge in [0.1, 0.15) is 17.3 Å². The first-order valence-corrected chi connectivity index (χ1v) is 12.5. The monoisotopic (exact) mass is 472 g/mol. The normalized spacial score (nSPS) is 11.2. The molecule has 0 unspecified atom stereocenters. The minimum atomic E-state index is -3.58. The molecule has 0 fully saturated rings. The lowest BCUT2D eigenvalue weighted by Crippen LogP contribution is -2.15. The Balaban J connectivity index is 1.66. The van der Waals surface area contributed by atoms with Crippen molar-refractivity contribution in [3.8, 4) is 5.75 Å². The molecule has 2 aromatic carbocycles. The van der Waals surface area contributed by atoms with Crippen LogP contribution < -0.4 is 10.1 Å². The summed E-state index contributed by atoms with van der Waals surface area (Å²) in [6.45, 7) is 6.52. The maximum absolute atomic E-state index is 12.7. The second-order valence-corrected chi connectivity index (χ2v) is 9.60. The summed E-state index contributed by atoms with van der Waals surface area (Å²) < 4.78 is 32.5. The Bertz CT molecular complexity index is 1160. The third kappa shape index (κ3) is 6.21. The third-order valence-corrected chi connectivity index (χ3v) is 6.90. The first-order valence-electron chi connectivity index (χ1n) is 9.89. The lowest BCUT2D eigenvalue weighted by atomic mass is 10.3. The summed E-state index contributed by atoms with van der Waals surface area (Å²) in [5.74, 6) is 0.606. The number of nitrogens with zero attached hydrogens (tertiary/aromatic N) is 3. The number of sulfone groups is 1. The molecule has 168 valence electrons. The second-order valence-electron chi connectivity index (χ2n) is 6.66. The molecule has 1 heterocycles. The number of amides is 1. The second kappa shape index (κ2) is 11.0. The number of ether oxygens (including phenoxy) is 1. The number of rotatable bonds is 11. The van der Waals surface area contributed by atoms with Crippen molar-refractivity contribution in [2.75, 3.05) is 17.7 Å². The van der Waals surface area contributed by atoms with Crippen LogP contribution in [0.4, 0.5) is 5.69 Å². The molecule has 8 nitrogen and oxygen atoms in total. The summed E-state index contributed by atoms with van der Waals surface area (Å²) in [5.41, 5.74) is 0.654. The first-order chi connectivity index (χ1) is 15.4. The largest absolute Gasteiger partial charge is 0.494 e. The summed E-state index contributed by atoms with van der Waals surface area (Å²) in [6, 6.07) is 15.3. The van der Waals surface area contributed by atoms with Crippen LogP contribution in [0, 0.1) is 0 Å². The van der Waals surface area contributed by atoms with Crippen LogP contribution in [0.3, 0.4) is 0 Å². The molecule has 0 aliphatic heterocycles. The zero-order valence-corrected chi connectivity index (χ0v) is 19.2. The molecular weight excluding hydrogens is 448 g/mol. The Hall–Kier alpha value is -3.11. The molecule has 0 aliphatic rings. The average Bonchev–Trinajstić information content (AvgIpc) is 3.15. The van der Waals surface area contributed by atoms with E-state index in [-0.39, 0.29) is 22.3 Å². The molecule has 0 radical (unpaired) electrons. The Labute approximate surface area is 191 Å². The van der Waals surface area contributed by atoms with Gasteiger partial charge in [0.15, 0.2) is 15.0 Å².